The van der Waals surface area contributed by atoms with Crippen LogP contribution in [0, 0.1) is 0 Å². The van der Waals surface area contributed by atoms with Crippen molar-refractivity contribution in [3.8, 4) is 16.8 Å². The SMILES string of the molecule is CC(C)(C)Nc1cc(-c2cccc(-n3ncc4cc(C(C)(C)C)ccc4c3=O)c2CO)cn2ccnc12. The Morgan fingerprint density at radius 2 is 1.81 bits per heavy atom. The first-order chi connectivity index (χ1) is 17.5. The van der Waals surface area contributed by atoms with E-state index in [1.165, 1.54) is 4.68 Å². The van der Waals surface area contributed by atoms with Gasteiger partial charge in [-0.3, -0.25) is 4.79 Å². The number of hydrogen-bond donors (Lipinski definition) is 2. The first-order valence-electron chi connectivity index (χ1n) is 12.5. The van der Waals surface area contributed by atoms with E-state index in [1.54, 1.807) is 12.4 Å². The maximum absolute atomic E-state index is 13.6. The fourth-order valence-corrected chi connectivity index (χ4v) is 4.67. The number of pyridine rings is 1. The highest BCUT2D eigenvalue weighted by Gasteiger charge is 2.19. The van der Waals surface area contributed by atoms with Gasteiger partial charge in [0, 0.05) is 40.6 Å². The van der Waals surface area contributed by atoms with Crippen LogP contribution in [0.1, 0.15) is 52.7 Å². The summed E-state index contributed by atoms with van der Waals surface area (Å²) >= 11 is 0. The van der Waals surface area contributed by atoms with Crippen LogP contribution >= 0.6 is 0 Å². The van der Waals surface area contributed by atoms with Gasteiger partial charge in [0.15, 0.2) is 5.65 Å². The molecule has 0 amide bonds. The first kappa shape index (κ1) is 24.7. The Balaban J connectivity index is 1.68. The monoisotopic (exact) mass is 495 g/mol. The maximum Gasteiger partial charge on any atom is 0.279 e. The quantitative estimate of drug-likeness (QED) is 0.334. The molecule has 37 heavy (non-hydrogen) atoms. The highest BCUT2D eigenvalue weighted by Crippen LogP contribution is 2.32. The molecule has 0 atom stereocenters. The number of aromatic nitrogens is 4. The number of anilines is 1. The molecule has 5 rings (SSSR count). The summed E-state index contributed by atoms with van der Waals surface area (Å²) in [5.41, 5.74) is 5.35. The third kappa shape index (κ3) is 4.62. The molecule has 0 aliphatic heterocycles. The molecule has 0 unspecified atom stereocenters. The van der Waals surface area contributed by atoms with Gasteiger partial charge >= 0.3 is 0 Å². The molecule has 0 saturated carbocycles. The van der Waals surface area contributed by atoms with Crippen molar-refractivity contribution in [3.05, 3.63) is 88.7 Å². The standard InChI is InChI=1S/C30H33N5O2/c1-29(2,3)21-10-11-23-19(14-21)16-32-35(28(23)37)26-9-7-8-22(24(26)18-36)20-15-25(33-30(4,5)6)27-31-12-13-34(27)17-20/h7-17,33,36H,18H2,1-6H3. The fraction of sp³-hybridized carbons (Fsp3) is 0.300. The van der Waals surface area contributed by atoms with Gasteiger partial charge in [-0.25, -0.2) is 4.98 Å². The fourth-order valence-electron chi connectivity index (χ4n) is 4.67. The summed E-state index contributed by atoms with van der Waals surface area (Å²) in [7, 11) is 0. The molecule has 2 aromatic carbocycles. The minimum Gasteiger partial charge on any atom is -0.392 e. The molecule has 2 N–H and O–H groups in total. The summed E-state index contributed by atoms with van der Waals surface area (Å²) in [6.45, 7) is 12.5. The van der Waals surface area contributed by atoms with Crippen molar-refractivity contribution in [2.75, 3.05) is 5.32 Å². The van der Waals surface area contributed by atoms with Gasteiger partial charge in [-0.05, 0) is 61.6 Å². The molecule has 3 aromatic heterocycles. The molecule has 0 aliphatic rings. The van der Waals surface area contributed by atoms with Crippen LogP contribution in [0.2, 0.25) is 0 Å². The average Bonchev–Trinajstić information content (AvgIpc) is 3.31. The van der Waals surface area contributed by atoms with Gasteiger partial charge < -0.3 is 14.8 Å². The Kier molecular flexibility index (Phi) is 5.91. The Morgan fingerprint density at radius 1 is 1.03 bits per heavy atom. The average molecular weight is 496 g/mol. The van der Waals surface area contributed by atoms with E-state index >= 15 is 0 Å². The second-order valence-electron chi connectivity index (χ2n) is 11.6. The van der Waals surface area contributed by atoms with E-state index in [0.717, 1.165) is 33.4 Å². The van der Waals surface area contributed by atoms with Crippen molar-refractivity contribution in [1.82, 2.24) is 19.2 Å². The van der Waals surface area contributed by atoms with E-state index in [0.29, 0.717) is 16.6 Å². The summed E-state index contributed by atoms with van der Waals surface area (Å²) in [6.07, 6.45) is 7.37. The molecular weight excluding hydrogens is 462 g/mol. The molecule has 0 fully saturated rings. The number of aliphatic hydroxyl groups is 1. The Hall–Kier alpha value is -3.97. The lowest BCUT2D eigenvalue weighted by molar-refractivity contribution is 0.282. The molecule has 0 radical (unpaired) electrons. The van der Waals surface area contributed by atoms with Crippen molar-refractivity contribution in [1.29, 1.82) is 0 Å². The molecular formula is C30H33N5O2. The Labute approximate surface area is 216 Å². The predicted molar refractivity (Wildman–Crippen MR) is 150 cm³/mol. The van der Waals surface area contributed by atoms with Gasteiger partial charge in [0.1, 0.15) is 0 Å². The van der Waals surface area contributed by atoms with Gasteiger partial charge in [0.05, 0.1) is 29.6 Å². The summed E-state index contributed by atoms with van der Waals surface area (Å²) in [5.74, 6) is 0. The van der Waals surface area contributed by atoms with Crippen LogP contribution in [0.25, 0.3) is 33.2 Å². The second-order valence-corrected chi connectivity index (χ2v) is 11.6. The molecule has 3 heterocycles. The topological polar surface area (TPSA) is 84.5 Å². The van der Waals surface area contributed by atoms with E-state index in [-0.39, 0.29) is 23.1 Å². The summed E-state index contributed by atoms with van der Waals surface area (Å²) in [4.78, 5) is 18.1. The zero-order valence-electron chi connectivity index (χ0n) is 22.2. The van der Waals surface area contributed by atoms with Gasteiger partial charge in [-0.2, -0.15) is 9.78 Å². The number of benzene rings is 2. The lowest BCUT2D eigenvalue weighted by Crippen LogP contribution is -2.26. The van der Waals surface area contributed by atoms with E-state index in [2.05, 4.69) is 56.9 Å². The highest BCUT2D eigenvalue weighted by molar-refractivity contribution is 5.83. The molecule has 7 nitrogen and oxygen atoms in total. The van der Waals surface area contributed by atoms with Crippen LogP contribution < -0.4 is 10.9 Å². The molecule has 5 aromatic rings. The van der Waals surface area contributed by atoms with Gasteiger partial charge in [0.25, 0.3) is 5.56 Å². The summed E-state index contributed by atoms with van der Waals surface area (Å²) in [6, 6.07) is 13.6. The van der Waals surface area contributed by atoms with Crippen molar-refractivity contribution in [2.45, 2.75) is 59.1 Å². The van der Waals surface area contributed by atoms with Gasteiger partial charge in [-0.15, -0.1) is 0 Å². The van der Waals surface area contributed by atoms with Gasteiger partial charge in [0.2, 0.25) is 0 Å². The second kappa shape index (κ2) is 8.85. The number of aliphatic hydroxyl groups excluding tert-OH is 1. The summed E-state index contributed by atoms with van der Waals surface area (Å²) < 4.78 is 3.35. The molecule has 7 heteroatoms. The normalized spacial score (nSPS) is 12.4. The highest BCUT2D eigenvalue weighted by atomic mass is 16.3. The first-order valence-corrected chi connectivity index (χ1v) is 12.5. The van der Waals surface area contributed by atoms with Crippen molar-refractivity contribution in [3.63, 3.8) is 0 Å². The zero-order valence-corrected chi connectivity index (χ0v) is 22.2. The molecule has 0 spiro atoms. The van der Waals surface area contributed by atoms with Crippen LogP contribution in [-0.2, 0) is 12.0 Å². The number of rotatable bonds is 4. The molecule has 0 bridgehead atoms. The van der Waals surface area contributed by atoms with Crippen molar-refractivity contribution >= 4 is 22.1 Å². The lowest BCUT2D eigenvalue weighted by Gasteiger charge is -2.23. The Bertz CT molecular complexity index is 1680. The van der Waals surface area contributed by atoms with E-state index in [9.17, 15) is 9.90 Å². The molecule has 190 valence electrons. The maximum atomic E-state index is 13.6. The van der Waals surface area contributed by atoms with E-state index in [4.69, 9.17) is 0 Å². The van der Waals surface area contributed by atoms with Crippen LogP contribution in [0.4, 0.5) is 5.69 Å². The molecule has 0 aliphatic carbocycles. The number of nitrogens with zero attached hydrogens (tertiary/aromatic N) is 4. The molecule has 0 saturated heterocycles. The van der Waals surface area contributed by atoms with Crippen LogP contribution in [-0.4, -0.2) is 29.8 Å². The zero-order chi connectivity index (χ0) is 26.5. The Morgan fingerprint density at radius 3 is 2.51 bits per heavy atom. The number of imidazole rings is 1. The number of fused-ring (bicyclic) bond motifs is 2. The summed E-state index contributed by atoms with van der Waals surface area (Å²) in [5, 5.41) is 20.0. The van der Waals surface area contributed by atoms with Crippen LogP contribution in [0.3, 0.4) is 0 Å². The van der Waals surface area contributed by atoms with E-state index < -0.39 is 0 Å². The minimum absolute atomic E-state index is 0.0293. The minimum atomic E-state index is -0.245. The third-order valence-electron chi connectivity index (χ3n) is 6.50. The van der Waals surface area contributed by atoms with Crippen molar-refractivity contribution in [2.24, 2.45) is 0 Å². The van der Waals surface area contributed by atoms with Gasteiger partial charge in [-0.1, -0.05) is 39.0 Å². The number of nitrogens with one attached hydrogen (secondary N) is 1. The smallest absolute Gasteiger partial charge is 0.279 e. The predicted octanol–water partition coefficient (Wildman–Crippen LogP) is 5.70. The van der Waals surface area contributed by atoms with Crippen LogP contribution in [0.5, 0.6) is 0 Å². The van der Waals surface area contributed by atoms with Crippen molar-refractivity contribution < 1.29 is 5.11 Å². The van der Waals surface area contributed by atoms with E-state index in [1.807, 2.05) is 59.3 Å². The number of hydrogen-bond acceptors (Lipinski definition) is 5. The van der Waals surface area contributed by atoms with Crippen LogP contribution in [0.15, 0.2) is 72.0 Å². The lowest BCUT2D eigenvalue weighted by atomic mass is 9.86. The largest absolute Gasteiger partial charge is 0.392 e. The third-order valence-corrected chi connectivity index (χ3v) is 6.50.